The van der Waals surface area contributed by atoms with Crippen molar-refractivity contribution in [2.45, 2.75) is 58.8 Å². The molecule has 8 aromatic rings. The highest BCUT2D eigenvalue weighted by molar-refractivity contribution is 7.92. The molecule has 4 aromatic carbocycles. The van der Waals surface area contributed by atoms with Crippen molar-refractivity contribution in [2.75, 3.05) is 79.7 Å². The van der Waals surface area contributed by atoms with Gasteiger partial charge in [-0.15, -0.1) is 0 Å². The molecular weight excluding hydrogens is 1110 g/mol. The van der Waals surface area contributed by atoms with Gasteiger partial charge in [0.25, 0.3) is 11.8 Å². The van der Waals surface area contributed by atoms with Gasteiger partial charge in [-0.3, -0.25) is 23.9 Å². The van der Waals surface area contributed by atoms with E-state index in [9.17, 15) is 26.4 Å². The van der Waals surface area contributed by atoms with Gasteiger partial charge >= 0.3 is 0 Å². The molecule has 444 valence electrons. The van der Waals surface area contributed by atoms with Crippen molar-refractivity contribution in [3.05, 3.63) is 138 Å². The third-order valence-electron chi connectivity index (χ3n) is 13.6. The van der Waals surface area contributed by atoms with Crippen molar-refractivity contribution in [1.29, 1.82) is 0 Å². The van der Waals surface area contributed by atoms with E-state index in [1.807, 2.05) is 71.9 Å². The summed E-state index contributed by atoms with van der Waals surface area (Å²) in [5.41, 5.74) is 4.23. The fourth-order valence-electron chi connectivity index (χ4n) is 9.41. The molecule has 0 bridgehead atoms. The van der Waals surface area contributed by atoms with Crippen LogP contribution < -0.4 is 39.0 Å². The fourth-order valence-corrected chi connectivity index (χ4v) is 10.5. The summed E-state index contributed by atoms with van der Waals surface area (Å²) in [5, 5.41) is 7.44. The van der Waals surface area contributed by atoms with Gasteiger partial charge in [0.15, 0.2) is 28.8 Å². The van der Waals surface area contributed by atoms with E-state index in [-0.39, 0.29) is 33.7 Å². The summed E-state index contributed by atoms with van der Waals surface area (Å²) in [6, 6.07) is 25.0. The Bertz CT molecular complexity index is 4010. The Morgan fingerprint density at radius 3 is 1.51 bits per heavy atom. The van der Waals surface area contributed by atoms with Crippen LogP contribution in [0.4, 0.5) is 22.7 Å². The molecule has 1 aliphatic heterocycles. The van der Waals surface area contributed by atoms with E-state index in [1.165, 1.54) is 20.3 Å². The molecule has 5 heterocycles. The van der Waals surface area contributed by atoms with E-state index in [4.69, 9.17) is 23.7 Å². The SMILES string of the molecule is C=Cc1nccc(Oc2cccc3cc(C(=O)Nc4cc(C(C)(C)C)cc(NS(C)(=O)=O)c4OC)n(C)c23)n1.COc1c(NC(=O)c2cc3cccc(Oc4ccnc(CCN5CCOCC5)n4)c3n2C)cc(C(C)(C)C)cc1NS(C)(=O)=O. The number of ether oxygens (including phenoxy) is 5. The minimum Gasteiger partial charge on any atom is -0.492 e. The van der Waals surface area contributed by atoms with Crippen molar-refractivity contribution < 1.29 is 50.1 Å². The maximum atomic E-state index is 13.7. The summed E-state index contributed by atoms with van der Waals surface area (Å²) in [7, 11) is -0.820. The molecule has 0 saturated carbocycles. The topological polar surface area (TPSA) is 261 Å². The number of fused-ring (bicyclic) bond motifs is 2. The summed E-state index contributed by atoms with van der Waals surface area (Å²) in [5.74, 6) is 2.52. The van der Waals surface area contributed by atoms with Crippen molar-refractivity contribution in [1.82, 2.24) is 34.0 Å². The first-order valence-electron chi connectivity index (χ1n) is 26.8. The number of hydrogen-bond donors (Lipinski definition) is 4. The first kappa shape index (κ1) is 61.5. The van der Waals surface area contributed by atoms with Crippen LogP contribution in [0.15, 0.2) is 104 Å². The zero-order valence-electron chi connectivity index (χ0n) is 49.2. The van der Waals surface area contributed by atoms with Crippen molar-refractivity contribution in [3.63, 3.8) is 0 Å². The maximum absolute atomic E-state index is 13.7. The molecule has 4 N–H and O–H groups in total. The van der Waals surface area contributed by atoms with Crippen molar-refractivity contribution in [2.24, 2.45) is 14.1 Å². The number of nitrogens with one attached hydrogen (secondary N) is 4. The van der Waals surface area contributed by atoms with E-state index in [1.54, 1.807) is 90.2 Å². The molecular formula is C60H71N11O11S2. The summed E-state index contributed by atoms with van der Waals surface area (Å²) < 4.78 is 85.7. The summed E-state index contributed by atoms with van der Waals surface area (Å²) >= 11 is 0. The van der Waals surface area contributed by atoms with Gasteiger partial charge in [0.2, 0.25) is 31.8 Å². The molecule has 4 aromatic heterocycles. The molecule has 22 nitrogen and oxygen atoms in total. The normalized spacial score (nSPS) is 13.1. The van der Waals surface area contributed by atoms with Crippen LogP contribution >= 0.6 is 0 Å². The maximum Gasteiger partial charge on any atom is 0.272 e. The van der Waals surface area contributed by atoms with Gasteiger partial charge in [0.05, 0.1) is 73.7 Å². The zero-order chi connectivity index (χ0) is 60.9. The fraction of sp³-hybridized carbons (Fsp3) is 0.333. The van der Waals surface area contributed by atoms with Crippen LogP contribution in [0.3, 0.4) is 0 Å². The van der Waals surface area contributed by atoms with Gasteiger partial charge in [0.1, 0.15) is 17.2 Å². The number of carbonyl (C=O) groups excluding carboxylic acids is 2. The summed E-state index contributed by atoms with van der Waals surface area (Å²) in [4.78, 5) is 47.1. The smallest absolute Gasteiger partial charge is 0.272 e. The van der Waals surface area contributed by atoms with Crippen LogP contribution in [0.5, 0.6) is 34.8 Å². The molecule has 1 fully saturated rings. The van der Waals surface area contributed by atoms with E-state index in [0.717, 1.165) is 67.3 Å². The Morgan fingerprint density at radius 2 is 1.08 bits per heavy atom. The number of anilines is 4. The van der Waals surface area contributed by atoms with Crippen molar-refractivity contribution >= 4 is 82.5 Å². The number of methoxy groups -OCH3 is 2. The number of benzene rings is 4. The molecule has 84 heavy (non-hydrogen) atoms. The molecule has 1 saturated heterocycles. The van der Waals surface area contributed by atoms with E-state index >= 15 is 0 Å². The number of morpholine rings is 1. The molecule has 24 heteroatoms. The standard InChI is InChI=1S/C32H40N6O6S.C28H31N5O5S/c1-32(2,3)22-19-23(30(42-5)24(20-22)36-45(6,40)41)34-31(39)25-18-21-8-7-9-26(29(21)37(25)4)44-28-10-12-33-27(35-28)11-13-38-14-16-43-17-15-38;1-8-23-29-13-12-24(31-23)38-22-11-9-10-17-14-21(33(5)25(17)22)27(34)30-19-15-18(28(2,3)4)16-20(26(19)37-6)32-39(7,35)36/h7-10,12,18-20,36H,11,13-17H2,1-6H3,(H,34,39);8-16,32H,1H2,2-7H3,(H,30,34). The predicted octanol–water partition coefficient (Wildman–Crippen LogP) is 9.90. The molecule has 0 aliphatic carbocycles. The average Bonchev–Trinajstić information content (AvgIpc) is 4.19. The average molecular weight is 1190 g/mol. The highest BCUT2D eigenvalue weighted by atomic mass is 32.2. The number of aromatic nitrogens is 6. The Balaban J connectivity index is 0.000000221. The molecule has 9 rings (SSSR count). The second-order valence-electron chi connectivity index (χ2n) is 22.1. The van der Waals surface area contributed by atoms with Crippen LogP contribution in [0.1, 0.15) is 85.3 Å². The zero-order valence-corrected chi connectivity index (χ0v) is 50.8. The number of hydrogen-bond acceptors (Lipinski definition) is 16. The molecule has 0 unspecified atom stereocenters. The third kappa shape index (κ3) is 15.0. The highest BCUT2D eigenvalue weighted by Gasteiger charge is 2.27. The van der Waals surface area contributed by atoms with Crippen molar-refractivity contribution in [3.8, 4) is 34.8 Å². The van der Waals surface area contributed by atoms with Gasteiger partial charge in [0, 0.05) is 75.4 Å². The lowest BCUT2D eigenvalue weighted by Crippen LogP contribution is -2.37. The Morgan fingerprint density at radius 1 is 0.643 bits per heavy atom. The van der Waals surface area contributed by atoms with Crippen LogP contribution in [0, 0.1) is 0 Å². The lowest BCUT2D eigenvalue weighted by atomic mass is 9.86. The lowest BCUT2D eigenvalue weighted by molar-refractivity contribution is 0.0382. The molecule has 2 amide bonds. The molecule has 0 radical (unpaired) electrons. The van der Waals surface area contributed by atoms with Crippen LogP contribution in [-0.4, -0.2) is 122 Å². The number of nitrogens with zero attached hydrogens (tertiary/aromatic N) is 7. The molecule has 0 atom stereocenters. The Kier molecular flexibility index (Phi) is 18.4. The number of rotatable bonds is 18. The Labute approximate surface area is 489 Å². The molecule has 1 aliphatic rings. The highest BCUT2D eigenvalue weighted by Crippen LogP contribution is 2.42. The number of sulfonamides is 2. The minimum absolute atomic E-state index is 0.200. The van der Waals surface area contributed by atoms with Crippen LogP contribution in [0.25, 0.3) is 27.9 Å². The predicted molar refractivity (Wildman–Crippen MR) is 327 cm³/mol. The number of aryl methyl sites for hydroxylation is 2. The quantitative estimate of drug-likeness (QED) is 0.0623. The second-order valence-corrected chi connectivity index (χ2v) is 25.6. The van der Waals surface area contributed by atoms with Gasteiger partial charge in [-0.1, -0.05) is 72.4 Å². The number of carbonyl (C=O) groups is 2. The lowest BCUT2D eigenvalue weighted by Gasteiger charge is -2.26. The van der Waals surface area contributed by atoms with Crippen LogP contribution in [0.2, 0.25) is 0 Å². The summed E-state index contributed by atoms with van der Waals surface area (Å²) in [6.07, 6.45) is 7.61. The van der Waals surface area contributed by atoms with Gasteiger partial charge < -0.3 is 43.5 Å². The van der Waals surface area contributed by atoms with E-state index < -0.39 is 31.9 Å². The van der Waals surface area contributed by atoms with Crippen LogP contribution in [-0.2, 0) is 56.1 Å². The van der Waals surface area contributed by atoms with E-state index in [2.05, 4.69) is 51.5 Å². The third-order valence-corrected chi connectivity index (χ3v) is 14.8. The largest absolute Gasteiger partial charge is 0.492 e. The summed E-state index contributed by atoms with van der Waals surface area (Å²) in [6.45, 7) is 19.8. The monoisotopic (exact) mass is 1190 g/mol. The first-order chi connectivity index (χ1) is 39.6. The molecule has 0 spiro atoms. The van der Waals surface area contributed by atoms with E-state index in [0.29, 0.717) is 75.1 Å². The Hall–Kier alpha value is -8.58. The number of para-hydroxylation sites is 2. The van der Waals surface area contributed by atoms with Gasteiger partial charge in [-0.05, 0) is 76.6 Å². The second kappa shape index (κ2) is 25.1. The van der Waals surface area contributed by atoms with Gasteiger partial charge in [-0.2, -0.15) is 9.97 Å². The van der Waals surface area contributed by atoms with Gasteiger partial charge in [-0.25, -0.2) is 26.8 Å². The minimum atomic E-state index is -3.61. The number of amides is 2. The first-order valence-corrected chi connectivity index (χ1v) is 30.5.